The minimum absolute atomic E-state index is 0.0510. The monoisotopic (exact) mass is 426 g/mol. The molecule has 2 heterocycles. The van der Waals surface area contributed by atoms with Gasteiger partial charge >= 0.3 is 5.97 Å². The van der Waals surface area contributed by atoms with Gasteiger partial charge in [-0.05, 0) is 43.2 Å². The molecule has 4 rings (SSSR count). The number of unbranched alkanes of at least 4 members (excludes halogenated alkanes) is 1. The van der Waals surface area contributed by atoms with Gasteiger partial charge in [0.1, 0.15) is 22.8 Å². The Labute approximate surface area is 181 Å². The largest absolute Gasteiger partial charge is 0.494 e. The molecule has 0 bridgehead atoms. The molecule has 7 heteroatoms. The normalized spacial score (nSPS) is 16.5. The highest BCUT2D eigenvalue weighted by Crippen LogP contribution is 2.46. The summed E-state index contributed by atoms with van der Waals surface area (Å²) in [5, 5.41) is 10.1. The van der Waals surface area contributed by atoms with Crippen LogP contribution in [-0.4, -0.2) is 31.1 Å². The van der Waals surface area contributed by atoms with Crippen molar-refractivity contribution in [2.45, 2.75) is 39.2 Å². The number of carboxylic acids is 1. The second-order valence-electron chi connectivity index (χ2n) is 7.37. The molecule has 2 aliphatic heterocycles. The minimum Gasteiger partial charge on any atom is -0.494 e. The molecular formula is C24H26O7. The van der Waals surface area contributed by atoms with Gasteiger partial charge in [-0.1, -0.05) is 26.3 Å². The molecule has 0 aromatic heterocycles. The second kappa shape index (κ2) is 9.20. The van der Waals surface area contributed by atoms with Crippen LogP contribution in [0.3, 0.4) is 0 Å². The van der Waals surface area contributed by atoms with Crippen molar-refractivity contribution in [3.8, 4) is 23.0 Å². The molecule has 2 aromatic carbocycles. The topological polar surface area (TPSA) is 83.5 Å². The molecule has 0 amide bonds. The van der Waals surface area contributed by atoms with Gasteiger partial charge in [-0.3, -0.25) is 0 Å². The molecule has 1 unspecified atom stereocenters. The third-order valence-corrected chi connectivity index (χ3v) is 5.09. The molecule has 0 radical (unpaired) electrons. The van der Waals surface area contributed by atoms with Crippen molar-refractivity contribution >= 4 is 11.7 Å². The molecule has 7 nitrogen and oxygen atoms in total. The molecule has 0 saturated heterocycles. The summed E-state index contributed by atoms with van der Waals surface area (Å²) in [6.45, 7) is 5.21. The fourth-order valence-corrected chi connectivity index (χ4v) is 3.54. The predicted octanol–water partition coefficient (Wildman–Crippen LogP) is 4.95. The lowest BCUT2D eigenvalue weighted by molar-refractivity contribution is -0.133. The van der Waals surface area contributed by atoms with Crippen molar-refractivity contribution in [2.24, 2.45) is 0 Å². The van der Waals surface area contributed by atoms with E-state index in [9.17, 15) is 9.90 Å². The number of fused-ring (bicyclic) bond motifs is 2. The summed E-state index contributed by atoms with van der Waals surface area (Å²) >= 11 is 0. The molecule has 0 saturated carbocycles. The highest BCUT2D eigenvalue weighted by Gasteiger charge is 2.36. The first-order valence-electron chi connectivity index (χ1n) is 10.6. The average molecular weight is 426 g/mol. The van der Waals surface area contributed by atoms with Gasteiger partial charge in [-0.15, -0.1) is 0 Å². The van der Waals surface area contributed by atoms with Crippen LogP contribution in [0.5, 0.6) is 23.0 Å². The SMILES string of the molecule is CCCCOC1=C(C(=O)O)C(c2ccc3c(c2)OCO3)Oc2ccc(OCCC)cc21. The number of carbonyl (C=O) groups is 1. The number of aliphatic carboxylic acids is 1. The zero-order valence-electron chi connectivity index (χ0n) is 17.7. The third kappa shape index (κ3) is 4.26. The predicted molar refractivity (Wildman–Crippen MR) is 114 cm³/mol. The first-order valence-corrected chi connectivity index (χ1v) is 10.6. The van der Waals surface area contributed by atoms with Crippen molar-refractivity contribution in [1.29, 1.82) is 0 Å². The molecular weight excluding hydrogens is 400 g/mol. The molecule has 31 heavy (non-hydrogen) atoms. The summed E-state index contributed by atoms with van der Waals surface area (Å²) in [4.78, 5) is 12.4. The zero-order valence-corrected chi connectivity index (χ0v) is 17.7. The van der Waals surface area contributed by atoms with Crippen molar-refractivity contribution in [2.75, 3.05) is 20.0 Å². The number of hydrogen-bond donors (Lipinski definition) is 1. The van der Waals surface area contributed by atoms with Gasteiger partial charge < -0.3 is 28.8 Å². The summed E-state index contributed by atoms with van der Waals surface area (Å²) < 4.78 is 28.8. The first-order chi connectivity index (χ1) is 15.1. The van der Waals surface area contributed by atoms with E-state index in [4.69, 9.17) is 23.7 Å². The van der Waals surface area contributed by atoms with Crippen molar-refractivity contribution in [1.82, 2.24) is 0 Å². The Morgan fingerprint density at radius 2 is 1.81 bits per heavy atom. The molecule has 0 fully saturated rings. The fraction of sp³-hybridized carbons (Fsp3) is 0.375. The summed E-state index contributed by atoms with van der Waals surface area (Å²) in [6, 6.07) is 10.7. The van der Waals surface area contributed by atoms with Crippen LogP contribution in [0.15, 0.2) is 42.0 Å². The maximum atomic E-state index is 12.4. The Kier molecular flexibility index (Phi) is 6.21. The van der Waals surface area contributed by atoms with Gasteiger partial charge in [0.2, 0.25) is 6.79 Å². The lowest BCUT2D eigenvalue weighted by atomic mass is 9.94. The molecule has 2 aliphatic rings. The van der Waals surface area contributed by atoms with Crippen LogP contribution in [0.4, 0.5) is 0 Å². The van der Waals surface area contributed by atoms with E-state index in [1.165, 1.54) is 0 Å². The van der Waals surface area contributed by atoms with Gasteiger partial charge in [-0.2, -0.15) is 0 Å². The van der Waals surface area contributed by atoms with E-state index in [1.807, 2.05) is 13.0 Å². The van der Waals surface area contributed by atoms with E-state index < -0.39 is 12.1 Å². The molecule has 1 atom stereocenters. The van der Waals surface area contributed by atoms with Crippen molar-refractivity contribution < 1.29 is 33.6 Å². The molecule has 164 valence electrons. The van der Waals surface area contributed by atoms with E-state index in [-0.39, 0.29) is 12.4 Å². The number of hydrogen-bond acceptors (Lipinski definition) is 6. The Bertz CT molecular complexity index is 995. The number of rotatable bonds is 9. The highest BCUT2D eigenvalue weighted by molar-refractivity contribution is 5.98. The van der Waals surface area contributed by atoms with E-state index in [0.29, 0.717) is 53.1 Å². The quantitative estimate of drug-likeness (QED) is 0.568. The van der Waals surface area contributed by atoms with E-state index in [2.05, 4.69) is 6.92 Å². The Morgan fingerprint density at radius 1 is 1.00 bits per heavy atom. The Hall–Kier alpha value is -3.35. The third-order valence-electron chi connectivity index (χ3n) is 5.09. The lowest BCUT2D eigenvalue weighted by Gasteiger charge is -2.30. The smallest absolute Gasteiger partial charge is 0.339 e. The molecule has 0 aliphatic carbocycles. The van der Waals surface area contributed by atoms with Crippen LogP contribution in [-0.2, 0) is 9.53 Å². The van der Waals surface area contributed by atoms with Gasteiger partial charge in [0, 0.05) is 5.56 Å². The van der Waals surface area contributed by atoms with E-state index >= 15 is 0 Å². The van der Waals surface area contributed by atoms with Crippen LogP contribution < -0.4 is 18.9 Å². The second-order valence-corrected chi connectivity index (χ2v) is 7.37. The van der Waals surface area contributed by atoms with Crippen LogP contribution >= 0.6 is 0 Å². The van der Waals surface area contributed by atoms with E-state index in [1.54, 1.807) is 30.3 Å². The minimum atomic E-state index is -1.10. The first kappa shape index (κ1) is 20.9. The number of benzene rings is 2. The van der Waals surface area contributed by atoms with Gasteiger partial charge in [-0.25, -0.2) is 4.79 Å². The standard InChI is InChI=1S/C24H26O7/c1-3-5-11-28-23-17-13-16(27-10-4-2)7-9-18(17)31-22(21(23)24(25)26)15-6-8-19-20(12-15)30-14-29-19/h6-9,12-13,22H,3-5,10-11,14H2,1-2H3,(H,25,26). The lowest BCUT2D eigenvalue weighted by Crippen LogP contribution is -2.24. The van der Waals surface area contributed by atoms with Gasteiger partial charge in [0.05, 0.1) is 18.8 Å². The van der Waals surface area contributed by atoms with Crippen molar-refractivity contribution in [3.63, 3.8) is 0 Å². The number of carboxylic acid groups (broad SMARTS) is 1. The maximum Gasteiger partial charge on any atom is 0.339 e. The van der Waals surface area contributed by atoms with Crippen molar-refractivity contribution in [3.05, 3.63) is 53.1 Å². The van der Waals surface area contributed by atoms with Crippen LogP contribution in [0.2, 0.25) is 0 Å². The van der Waals surface area contributed by atoms with Gasteiger partial charge in [0.25, 0.3) is 0 Å². The average Bonchev–Trinajstić information content (AvgIpc) is 3.25. The molecule has 2 aromatic rings. The van der Waals surface area contributed by atoms with Gasteiger partial charge in [0.15, 0.2) is 17.6 Å². The highest BCUT2D eigenvalue weighted by atomic mass is 16.7. The Morgan fingerprint density at radius 3 is 2.58 bits per heavy atom. The summed E-state index contributed by atoms with van der Waals surface area (Å²) in [5.74, 6) is 1.59. The Balaban J connectivity index is 1.79. The summed E-state index contributed by atoms with van der Waals surface area (Å²) in [6.07, 6.45) is 1.77. The van der Waals surface area contributed by atoms with Crippen LogP contribution in [0.25, 0.3) is 5.76 Å². The maximum absolute atomic E-state index is 12.4. The fourth-order valence-electron chi connectivity index (χ4n) is 3.54. The zero-order chi connectivity index (χ0) is 21.8. The van der Waals surface area contributed by atoms with E-state index in [0.717, 1.165) is 19.3 Å². The summed E-state index contributed by atoms with van der Waals surface area (Å²) in [5.41, 5.74) is 1.28. The number of ether oxygens (including phenoxy) is 5. The molecule has 1 N–H and O–H groups in total. The summed E-state index contributed by atoms with van der Waals surface area (Å²) in [7, 11) is 0. The van der Waals surface area contributed by atoms with Crippen LogP contribution in [0.1, 0.15) is 50.3 Å². The van der Waals surface area contributed by atoms with Crippen LogP contribution in [0, 0.1) is 0 Å². The molecule has 0 spiro atoms.